The second-order valence-corrected chi connectivity index (χ2v) is 4.00. The van der Waals surface area contributed by atoms with E-state index in [1.165, 1.54) is 12.5 Å². The number of benzene rings is 1. The van der Waals surface area contributed by atoms with Gasteiger partial charge in [-0.2, -0.15) is 4.98 Å². The van der Waals surface area contributed by atoms with Crippen molar-refractivity contribution in [2.45, 2.75) is 6.42 Å². The number of amides is 1. The summed E-state index contributed by atoms with van der Waals surface area (Å²) in [4.78, 5) is 15.6. The third-order valence-electron chi connectivity index (χ3n) is 2.28. The fourth-order valence-electron chi connectivity index (χ4n) is 1.40. The minimum Gasteiger partial charge on any atom is -0.399 e. The molecule has 0 unspecified atom stereocenters. The number of nitrogens with zero attached hydrogens (tertiary/aromatic N) is 2. The van der Waals surface area contributed by atoms with Gasteiger partial charge in [-0.25, -0.2) is 0 Å². The van der Waals surface area contributed by atoms with Crippen LogP contribution in [0.4, 0.5) is 5.69 Å². The van der Waals surface area contributed by atoms with E-state index in [0.717, 1.165) is 0 Å². The molecule has 0 saturated heterocycles. The lowest BCUT2D eigenvalue weighted by Gasteiger charge is -2.06. The van der Waals surface area contributed by atoms with Gasteiger partial charge in [-0.1, -0.05) is 16.8 Å². The molecule has 94 valence electrons. The number of aromatic nitrogens is 2. The molecule has 7 heteroatoms. The van der Waals surface area contributed by atoms with Crippen molar-refractivity contribution in [2.24, 2.45) is 0 Å². The molecule has 18 heavy (non-hydrogen) atoms. The maximum Gasteiger partial charge on any atom is 0.252 e. The molecule has 0 saturated carbocycles. The van der Waals surface area contributed by atoms with E-state index in [1.54, 1.807) is 12.1 Å². The lowest BCUT2D eigenvalue weighted by atomic mass is 10.2. The summed E-state index contributed by atoms with van der Waals surface area (Å²) in [6, 6.07) is 4.75. The minimum absolute atomic E-state index is 0.261. The highest BCUT2D eigenvalue weighted by Gasteiger charge is 2.10. The van der Waals surface area contributed by atoms with E-state index < -0.39 is 0 Å². The third kappa shape index (κ3) is 2.98. The Balaban J connectivity index is 1.91. The standard InChI is InChI=1S/C11H11ClN4O2/c12-9-5-7(13)1-2-8(9)11(17)14-4-3-10-15-6-18-16-10/h1-2,5-6H,3-4,13H2,(H,14,17). The number of halogens is 1. The van der Waals surface area contributed by atoms with Crippen molar-refractivity contribution >= 4 is 23.2 Å². The van der Waals surface area contributed by atoms with Crippen LogP contribution in [0.15, 0.2) is 29.1 Å². The van der Waals surface area contributed by atoms with Gasteiger partial charge in [-0.15, -0.1) is 0 Å². The molecule has 2 rings (SSSR count). The molecule has 0 atom stereocenters. The molecule has 1 heterocycles. The summed E-state index contributed by atoms with van der Waals surface area (Å²) in [5.41, 5.74) is 6.45. The number of carbonyl (C=O) groups excluding carboxylic acids is 1. The maximum absolute atomic E-state index is 11.8. The molecule has 0 spiro atoms. The number of carbonyl (C=O) groups is 1. The highest BCUT2D eigenvalue weighted by molar-refractivity contribution is 6.34. The van der Waals surface area contributed by atoms with Crippen LogP contribution in [0.2, 0.25) is 5.02 Å². The van der Waals surface area contributed by atoms with E-state index >= 15 is 0 Å². The van der Waals surface area contributed by atoms with E-state index in [4.69, 9.17) is 17.3 Å². The van der Waals surface area contributed by atoms with Gasteiger partial charge in [0.15, 0.2) is 5.82 Å². The number of hydrogen-bond donors (Lipinski definition) is 2. The van der Waals surface area contributed by atoms with Crippen molar-refractivity contribution in [3.8, 4) is 0 Å². The number of nitrogens with one attached hydrogen (secondary N) is 1. The van der Waals surface area contributed by atoms with Crippen LogP contribution in [0.25, 0.3) is 0 Å². The number of rotatable bonds is 4. The first-order valence-corrected chi connectivity index (χ1v) is 5.63. The van der Waals surface area contributed by atoms with Gasteiger partial charge in [0.05, 0.1) is 10.6 Å². The first kappa shape index (κ1) is 12.4. The van der Waals surface area contributed by atoms with Crippen LogP contribution in [-0.4, -0.2) is 22.6 Å². The number of anilines is 1. The van der Waals surface area contributed by atoms with Gasteiger partial charge in [0.25, 0.3) is 5.91 Å². The molecule has 1 aromatic carbocycles. The maximum atomic E-state index is 11.8. The molecule has 0 fully saturated rings. The Morgan fingerprint density at radius 2 is 2.33 bits per heavy atom. The van der Waals surface area contributed by atoms with E-state index in [-0.39, 0.29) is 5.91 Å². The topological polar surface area (TPSA) is 94.0 Å². The van der Waals surface area contributed by atoms with Gasteiger partial charge in [0, 0.05) is 18.7 Å². The molecule has 2 aromatic rings. The summed E-state index contributed by atoms with van der Waals surface area (Å²) in [5, 5.41) is 6.67. The molecule has 6 nitrogen and oxygen atoms in total. The normalized spacial score (nSPS) is 10.3. The Hall–Kier alpha value is -2.08. The minimum atomic E-state index is -0.261. The van der Waals surface area contributed by atoms with Crippen LogP contribution in [0.3, 0.4) is 0 Å². The van der Waals surface area contributed by atoms with Crippen molar-refractivity contribution in [1.82, 2.24) is 15.5 Å². The quantitative estimate of drug-likeness (QED) is 0.813. The average molecular weight is 267 g/mol. The van der Waals surface area contributed by atoms with E-state index in [2.05, 4.69) is 20.0 Å². The molecule has 3 N–H and O–H groups in total. The van der Waals surface area contributed by atoms with Crippen LogP contribution in [0.5, 0.6) is 0 Å². The molecular formula is C11H11ClN4O2. The first-order chi connectivity index (χ1) is 8.66. The summed E-state index contributed by atoms with van der Waals surface area (Å²) in [5.74, 6) is 0.280. The molecule has 0 bridgehead atoms. The van der Waals surface area contributed by atoms with E-state index in [0.29, 0.717) is 35.1 Å². The van der Waals surface area contributed by atoms with Crippen molar-refractivity contribution < 1.29 is 9.32 Å². The summed E-state index contributed by atoms with van der Waals surface area (Å²) in [7, 11) is 0. The fraction of sp³-hybridized carbons (Fsp3) is 0.182. The van der Waals surface area contributed by atoms with Crippen molar-refractivity contribution in [1.29, 1.82) is 0 Å². The van der Waals surface area contributed by atoms with Gasteiger partial charge in [-0.3, -0.25) is 4.79 Å². The second-order valence-electron chi connectivity index (χ2n) is 3.59. The largest absolute Gasteiger partial charge is 0.399 e. The Kier molecular flexibility index (Phi) is 3.78. The lowest BCUT2D eigenvalue weighted by molar-refractivity contribution is 0.0954. The Morgan fingerprint density at radius 3 is 3.00 bits per heavy atom. The molecule has 1 amide bonds. The van der Waals surface area contributed by atoms with Crippen LogP contribution >= 0.6 is 11.6 Å². The molecule has 0 radical (unpaired) electrons. The second kappa shape index (κ2) is 5.50. The predicted octanol–water partition coefficient (Wildman–Crippen LogP) is 1.28. The van der Waals surface area contributed by atoms with Crippen molar-refractivity contribution in [3.63, 3.8) is 0 Å². The fourth-order valence-corrected chi connectivity index (χ4v) is 1.68. The average Bonchev–Trinajstić information content (AvgIpc) is 2.81. The number of nitrogen functional groups attached to an aromatic ring is 1. The van der Waals surface area contributed by atoms with E-state index in [1.807, 2.05) is 0 Å². The number of hydrogen-bond acceptors (Lipinski definition) is 5. The molecule has 1 aromatic heterocycles. The lowest BCUT2D eigenvalue weighted by Crippen LogP contribution is -2.26. The summed E-state index contributed by atoms with van der Waals surface area (Å²) < 4.78 is 4.58. The zero-order valence-corrected chi connectivity index (χ0v) is 10.1. The van der Waals surface area contributed by atoms with Gasteiger partial charge in [0.1, 0.15) is 0 Å². The van der Waals surface area contributed by atoms with Gasteiger partial charge >= 0.3 is 0 Å². The van der Waals surface area contributed by atoms with Crippen LogP contribution in [-0.2, 0) is 6.42 Å². The van der Waals surface area contributed by atoms with Gasteiger partial charge in [-0.05, 0) is 18.2 Å². The van der Waals surface area contributed by atoms with Crippen LogP contribution < -0.4 is 11.1 Å². The Morgan fingerprint density at radius 1 is 1.50 bits per heavy atom. The van der Waals surface area contributed by atoms with Crippen molar-refractivity contribution in [2.75, 3.05) is 12.3 Å². The summed E-state index contributed by atoms with van der Waals surface area (Å²) >= 11 is 5.92. The SMILES string of the molecule is Nc1ccc(C(=O)NCCc2ncon2)c(Cl)c1. The monoisotopic (exact) mass is 266 g/mol. The Bertz CT molecular complexity index is 542. The molecule has 0 aliphatic rings. The zero-order chi connectivity index (χ0) is 13.0. The van der Waals surface area contributed by atoms with E-state index in [9.17, 15) is 4.79 Å². The highest BCUT2D eigenvalue weighted by Crippen LogP contribution is 2.18. The van der Waals surface area contributed by atoms with Crippen LogP contribution in [0.1, 0.15) is 16.2 Å². The smallest absolute Gasteiger partial charge is 0.252 e. The van der Waals surface area contributed by atoms with Gasteiger partial charge < -0.3 is 15.6 Å². The zero-order valence-electron chi connectivity index (χ0n) is 9.39. The Labute approximate surface area is 108 Å². The number of nitrogens with two attached hydrogens (primary N) is 1. The van der Waals surface area contributed by atoms with Crippen LogP contribution in [0, 0.1) is 0 Å². The predicted molar refractivity (Wildman–Crippen MR) is 66.2 cm³/mol. The van der Waals surface area contributed by atoms with Gasteiger partial charge in [0.2, 0.25) is 6.39 Å². The molecule has 0 aliphatic heterocycles. The highest BCUT2D eigenvalue weighted by atomic mass is 35.5. The molecule has 0 aliphatic carbocycles. The first-order valence-electron chi connectivity index (χ1n) is 5.25. The molecular weight excluding hydrogens is 256 g/mol. The third-order valence-corrected chi connectivity index (χ3v) is 2.59. The summed E-state index contributed by atoms with van der Waals surface area (Å²) in [6.07, 6.45) is 1.74. The van der Waals surface area contributed by atoms with Crippen molar-refractivity contribution in [3.05, 3.63) is 41.0 Å². The summed E-state index contributed by atoms with van der Waals surface area (Å²) in [6.45, 7) is 0.402.